The van der Waals surface area contributed by atoms with Crippen LogP contribution in [-0.4, -0.2) is 57.9 Å². The topological polar surface area (TPSA) is 83.8 Å². The van der Waals surface area contributed by atoms with Crippen LogP contribution >= 0.6 is 11.6 Å². The molecule has 0 radical (unpaired) electrons. The van der Waals surface area contributed by atoms with E-state index < -0.39 is 11.1 Å². The maximum Gasteiger partial charge on any atom is 0.259 e. The van der Waals surface area contributed by atoms with E-state index in [0.29, 0.717) is 28.5 Å². The van der Waals surface area contributed by atoms with Gasteiger partial charge in [0.1, 0.15) is 12.3 Å². The highest BCUT2D eigenvalue weighted by Crippen LogP contribution is 2.27. The summed E-state index contributed by atoms with van der Waals surface area (Å²) in [5.74, 6) is 0.381. The summed E-state index contributed by atoms with van der Waals surface area (Å²) in [6.45, 7) is 10.7. The summed E-state index contributed by atoms with van der Waals surface area (Å²) in [7, 11) is 0. The van der Waals surface area contributed by atoms with Gasteiger partial charge in [-0.15, -0.1) is 0 Å². The first-order valence-electron chi connectivity index (χ1n) is 13.2. The molecule has 0 saturated carbocycles. The molecule has 1 aromatic heterocycles. The number of carbonyl (C=O) groups excluding carboxylic acids is 1. The Morgan fingerprint density at radius 3 is 2.55 bits per heavy atom. The van der Waals surface area contributed by atoms with Crippen LogP contribution in [0.5, 0.6) is 5.75 Å². The van der Waals surface area contributed by atoms with Gasteiger partial charge in [-0.1, -0.05) is 29.8 Å². The van der Waals surface area contributed by atoms with Gasteiger partial charge < -0.3 is 20.1 Å². The second-order valence-electron chi connectivity index (χ2n) is 11.5. The number of likely N-dealkylation sites (tertiary alicyclic amines) is 1. The average molecular weight is 540 g/mol. The molecule has 0 spiro atoms. The van der Waals surface area contributed by atoms with Gasteiger partial charge in [-0.05, 0) is 88.2 Å². The molecule has 0 atom stereocenters. The molecular formula is C30H38ClN3O4. The van der Waals surface area contributed by atoms with Gasteiger partial charge in [0, 0.05) is 30.2 Å². The fourth-order valence-corrected chi connectivity index (χ4v) is 4.99. The fourth-order valence-electron chi connectivity index (χ4n) is 4.80. The summed E-state index contributed by atoms with van der Waals surface area (Å²) in [5, 5.41) is 14.9. The number of nitrogens with one attached hydrogen (secondary N) is 1. The lowest BCUT2D eigenvalue weighted by molar-refractivity contribution is -0.123. The van der Waals surface area contributed by atoms with Gasteiger partial charge in [-0.3, -0.25) is 14.2 Å². The van der Waals surface area contributed by atoms with Gasteiger partial charge in [-0.2, -0.15) is 0 Å². The van der Waals surface area contributed by atoms with Crippen LogP contribution in [0.25, 0.3) is 22.0 Å². The van der Waals surface area contributed by atoms with E-state index >= 15 is 0 Å². The molecule has 1 amide bonds. The molecule has 7 nitrogen and oxygen atoms in total. The smallest absolute Gasteiger partial charge is 0.259 e. The molecule has 1 aliphatic heterocycles. The first-order chi connectivity index (χ1) is 17.9. The van der Waals surface area contributed by atoms with Gasteiger partial charge in [0.15, 0.2) is 0 Å². The monoisotopic (exact) mass is 539 g/mol. The first-order valence-corrected chi connectivity index (χ1v) is 13.6. The number of hydrogen-bond acceptors (Lipinski definition) is 5. The van der Waals surface area contributed by atoms with E-state index in [9.17, 15) is 14.7 Å². The lowest BCUT2D eigenvalue weighted by Gasteiger charge is -2.35. The molecular weight excluding hydrogens is 502 g/mol. The quantitative estimate of drug-likeness (QED) is 0.400. The molecule has 1 saturated heterocycles. The molecule has 2 aromatic carbocycles. The van der Waals surface area contributed by atoms with Gasteiger partial charge in [0.05, 0.1) is 23.3 Å². The van der Waals surface area contributed by atoms with Gasteiger partial charge in [-0.25, -0.2) is 0 Å². The lowest BCUT2D eigenvalue weighted by Crippen LogP contribution is -2.43. The van der Waals surface area contributed by atoms with Crippen LogP contribution in [0.4, 0.5) is 0 Å². The number of carbonyl (C=O) groups is 1. The van der Waals surface area contributed by atoms with Crippen molar-refractivity contribution < 1.29 is 14.6 Å². The molecule has 204 valence electrons. The number of nitrogens with zero attached hydrogens (tertiary/aromatic N) is 2. The van der Waals surface area contributed by atoms with Crippen molar-refractivity contribution in [1.82, 2.24) is 14.8 Å². The SMILES string of the molecule is CC1(O)CCN(CCCOc2ccc3cc(-c4cccc(Cl)c4)n(CC(=O)NC(C)(C)C)c(=O)c3c2)CC1. The molecule has 8 heteroatoms. The molecule has 1 fully saturated rings. The highest BCUT2D eigenvalue weighted by molar-refractivity contribution is 6.30. The van der Waals surface area contributed by atoms with Crippen LogP contribution in [0.1, 0.15) is 47.0 Å². The molecule has 0 bridgehead atoms. The van der Waals surface area contributed by atoms with Crippen molar-refractivity contribution in [1.29, 1.82) is 0 Å². The Balaban J connectivity index is 1.55. The molecule has 4 rings (SSSR count). The summed E-state index contributed by atoms with van der Waals surface area (Å²) in [6, 6.07) is 14.7. The highest BCUT2D eigenvalue weighted by atomic mass is 35.5. The molecule has 2 N–H and O–H groups in total. The molecule has 0 unspecified atom stereocenters. The minimum atomic E-state index is -0.551. The minimum absolute atomic E-state index is 0.109. The Hall–Kier alpha value is -2.87. The number of halogens is 1. The normalized spacial score (nSPS) is 15.9. The minimum Gasteiger partial charge on any atom is -0.494 e. The zero-order chi connectivity index (χ0) is 27.5. The van der Waals surface area contributed by atoms with Crippen LogP contribution in [-0.2, 0) is 11.3 Å². The number of fused-ring (bicyclic) bond motifs is 1. The van der Waals surface area contributed by atoms with Crippen LogP contribution in [0, 0.1) is 0 Å². The van der Waals surface area contributed by atoms with E-state index in [-0.39, 0.29) is 18.0 Å². The van der Waals surface area contributed by atoms with Crippen molar-refractivity contribution in [3.63, 3.8) is 0 Å². The van der Waals surface area contributed by atoms with E-state index in [1.54, 1.807) is 18.2 Å². The number of rotatable bonds is 8. The summed E-state index contributed by atoms with van der Waals surface area (Å²) in [4.78, 5) is 28.9. The van der Waals surface area contributed by atoms with Crippen molar-refractivity contribution in [2.75, 3.05) is 26.2 Å². The highest BCUT2D eigenvalue weighted by Gasteiger charge is 2.26. The van der Waals surface area contributed by atoms with Gasteiger partial charge >= 0.3 is 0 Å². The van der Waals surface area contributed by atoms with Crippen molar-refractivity contribution in [3.8, 4) is 17.0 Å². The first kappa shape index (κ1) is 28.1. The standard InChI is InChI=1S/C30H38ClN3O4/c1-29(2,3)32-27(35)20-34-26(22-7-5-8-23(31)17-22)18-21-9-10-24(19-25(21)28(34)36)38-16-6-13-33-14-11-30(4,37)12-15-33/h5,7-10,17-19,37H,6,11-16,20H2,1-4H3,(H,32,35). The van der Waals surface area contributed by atoms with E-state index in [0.717, 1.165) is 49.8 Å². The molecule has 2 heterocycles. The summed E-state index contributed by atoms with van der Waals surface area (Å²) < 4.78 is 7.50. The van der Waals surface area contributed by atoms with Crippen molar-refractivity contribution in [3.05, 3.63) is 63.9 Å². The Labute approximate surface area is 229 Å². The maximum atomic E-state index is 13.7. The third-order valence-corrected chi connectivity index (χ3v) is 7.08. The Bertz CT molecular complexity index is 1350. The molecule has 0 aliphatic carbocycles. The summed E-state index contributed by atoms with van der Waals surface area (Å²) in [6.07, 6.45) is 2.43. The lowest BCUT2D eigenvalue weighted by atomic mass is 9.94. The van der Waals surface area contributed by atoms with Crippen LogP contribution < -0.4 is 15.6 Å². The van der Waals surface area contributed by atoms with Crippen molar-refractivity contribution in [2.24, 2.45) is 0 Å². The Morgan fingerprint density at radius 1 is 1.13 bits per heavy atom. The average Bonchev–Trinajstić information content (AvgIpc) is 2.83. The molecule has 38 heavy (non-hydrogen) atoms. The van der Waals surface area contributed by atoms with Crippen molar-refractivity contribution >= 4 is 28.3 Å². The summed E-state index contributed by atoms with van der Waals surface area (Å²) >= 11 is 6.24. The number of pyridine rings is 1. The Kier molecular flexibility index (Phi) is 8.50. The molecule has 1 aliphatic rings. The zero-order valence-corrected chi connectivity index (χ0v) is 23.5. The maximum absolute atomic E-state index is 13.7. The predicted octanol–water partition coefficient (Wildman–Crippen LogP) is 4.85. The van der Waals surface area contributed by atoms with E-state index in [1.807, 2.05) is 58.0 Å². The zero-order valence-electron chi connectivity index (χ0n) is 22.7. The van der Waals surface area contributed by atoms with Crippen LogP contribution in [0.2, 0.25) is 5.02 Å². The van der Waals surface area contributed by atoms with E-state index in [2.05, 4.69) is 10.2 Å². The Morgan fingerprint density at radius 2 is 1.87 bits per heavy atom. The third-order valence-electron chi connectivity index (χ3n) is 6.84. The second-order valence-corrected chi connectivity index (χ2v) is 12.0. The van der Waals surface area contributed by atoms with E-state index in [4.69, 9.17) is 16.3 Å². The van der Waals surface area contributed by atoms with Crippen LogP contribution in [0.15, 0.2) is 53.3 Å². The third kappa shape index (κ3) is 7.37. The number of piperidine rings is 1. The number of aromatic nitrogens is 1. The number of hydrogen-bond donors (Lipinski definition) is 2. The number of benzene rings is 2. The largest absolute Gasteiger partial charge is 0.494 e. The number of aliphatic hydroxyl groups is 1. The second kappa shape index (κ2) is 11.5. The van der Waals surface area contributed by atoms with Crippen molar-refractivity contribution in [2.45, 2.75) is 64.6 Å². The summed E-state index contributed by atoms with van der Waals surface area (Å²) in [5.41, 5.74) is 0.168. The van der Waals surface area contributed by atoms with E-state index in [1.165, 1.54) is 4.57 Å². The fraction of sp³-hybridized carbons (Fsp3) is 0.467. The number of amides is 1. The van der Waals surface area contributed by atoms with Crippen LogP contribution in [0.3, 0.4) is 0 Å². The predicted molar refractivity (Wildman–Crippen MR) is 153 cm³/mol. The van der Waals surface area contributed by atoms with Gasteiger partial charge in [0.25, 0.3) is 5.56 Å². The molecule has 3 aromatic rings. The number of ether oxygens (including phenoxy) is 1. The van der Waals surface area contributed by atoms with Gasteiger partial charge in [0.2, 0.25) is 5.91 Å².